The predicted molar refractivity (Wildman–Crippen MR) is 115 cm³/mol. The molecule has 6 nitrogen and oxygen atoms in total. The van der Waals surface area contributed by atoms with E-state index >= 15 is 0 Å². The number of rotatable bonds is 2. The molecule has 0 aromatic heterocycles. The van der Waals surface area contributed by atoms with E-state index < -0.39 is 0 Å². The van der Waals surface area contributed by atoms with E-state index in [1.165, 1.54) is 28.8 Å². The fraction of sp³-hybridized carbons (Fsp3) is 0.583. The molecule has 0 amide bonds. The van der Waals surface area contributed by atoms with Gasteiger partial charge < -0.3 is 23.8 Å². The third kappa shape index (κ3) is 2.96. The minimum atomic E-state index is -0.292. The number of hydrogen-bond donors (Lipinski definition) is 1. The van der Waals surface area contributed by atoms with E-state index in [-0.39, 0.29) is 11.8 Å². The number of morpholine rings is 2. The van der Waals surface area contributed by atoms with Crippen LogP contribution in [0.15, 0.2) is 30.3 Å². The zero-order chi connectivity index (χ0) is 20.0. The molecule has 0 bridgehead atoms. The lowest BCUT2D eigenvalue weighted by Crippen LogP contribution is -3.24. The van der Waals surface area contributed by atoms with Gasteiger partial charge in [0.2, 0.25) is 0 Å². The second-order valence-corrected chi connectivity index (χ2v) is 8.93. The van der Waals surface area contributed by atoms with Gasteiger partial charge in [-0.15, -0.1) is 0 Å². The number of hydrogen-bond acceptors (Lipinski definition) is 5. The van der Waals surface area contributed by atoms with Gasteiger partial charge in [-0.1, -0.05) is 24.3 Å². The topological polar surface area (TPSA) is 44.6 Å². The van der Waals surface area contributed by atoms with E-state index in [1.54, 1.807) is 0 Å². The second-order valence-electron chi connectivity index (χ2n) is 8.93. The van der Waals surface area contributed by atoms with Crippen molar-refractivity contribution in [3.05, 3.63) is 30.3 Å². The van der Waals surface area contributed by atoms with Crippen LogP contribution in [0.5, 0.6) is 11.5 Å². The average Bonchev–Trinajstić information content (AvgIpc) is 2.83. The number of ether oxygens (including phenoxy) is 4. The summed E-state index contributed by atoms with van der Waals surface area (Å²) in [6.45, 7) is 6.93. The van der Waals surface area contributed by atoms with Crippen LogP contribution in [0.1, 0.15) is 25.7 Å². The maximum Gasteiger partial charge on any atom is 0.279 e. The van der Waals surface area contributed by atoms with Gasteiger partial charge in [0.25, 0.3) is 5.72 Å². The van der Waals surface area contributed by atoms with Crippen molar-refractivity contribution in [1.82, 2.24) is 0 Å². The largest absolute Gasteiger partial charge is 0.475 e. The summed E-state index contributed by atoms with van der Waals surface area (Å²) in [5.41, 5.74) is 0.942. The lowest BCUT2D eigenvalue weighted by molar-refractivity contribution is -0.986. The molecule has 2 atom stereocenters. The van der Waals surface area contributed by atoms with Crippen LogP contribution in [0.4, 0.5) is 5.69 Å². The summed E-state index contributed by atoms with van der Waals surface area (Å²) < 4.78 is 25.1. The first-order valence-electron chi connectivity index (χ1n) is 11.5. The SMILES string of the molecule is c1ccc2c3c(cc(N4CCOCC4)c2c1)O[C@]1([NH+]2CCOCC2)CCCC[C@H]1O3. The van der Waals surface area contributed by atoms with E-state index in [1.807, 2.05) is 0 Å². The summed E-state index contributed by atoms with van der Waals surface area (Å²) in [6.07, 6.45) is 4.61. The van der Waals surface area contributed by atoms with Gasteiger partial charge in [0, 0.05) is 42.0 Å². The standard InChI is InChI=1S/C24H30N2O4/c1-2-6-19-18(5-1)20(25-9-13-27-14-10-25)17-21-23(19)29-22-7-3-4-8-24(22,30-21)26-11-15-28-16-12-26/h1-2,5-6,17,22H,3-4,7-16H2/p+1/t22-,24-/m1/s1. The molecule has 3 aliphatic heterocycles. The minimum absolute atomic E-state index is 0.101. The van der Waals surface area contributed by atoms with Crippen LogP contribution in [-0.2, 0) is 9.47 Å². The number of quaternary nitrogens is 1. The third-order valence-electron chi connectivity index (χ3n) is 7.32. The van der Waals surface area contributed by atoms with Gasteiger partial charge >= 0.3 is 0 Å². The molecule has 2 aromatic carbocycles. The highest BCUT2D eigenvalue weighted by molar-refractivity contribution is 6.00. The first kappa shape index (κ1) is 18.7. The van der Waals surface area contributed by atoms with Crippen molar-refractivity contribution in [1.29, 1.82) is 0 Å². The minimum Gasteiger partial charge on any atom is -0.475 e. The van der Waals surface area contributed by atoms with Gasteiger partial charge in [0.1, 0.15) is 13.1 Å². The Balaban J connectivity index is 1.47. The quantitative estimate of drug-likeness (QED) is 0.819. The molecular weight excluding hydrogens is 380 g/mol. The van der Waals surface area contributed by atoms with Crippen molar-refractivity contribution >= 4 is 16.5 Å². The maximum absolute atomic E-state index is 7.03. The molecule has 30 heavy (non-hydrogen) atoms. The van der Waals surface area contributed by atoms with E-state index in [2.05, 4.69) is 35.2 Å². The monoisotopic (exact) mass is 411 g/mol. The van der Waals surface area contributed by atoms with Crippen LogP contribution in [0.25, 0.3) is 10.8 Å². The Kier molecular flexibility index (Phi) is 4.74. The van der Waals surface area contributed by atoms with Crippen molar-refractivity contribution in [2.45, 2.75) is 37.5 Å². The maximum atomic E-state index is 7.03. The highest BCUT2D eigenvalue weighted by Crippen LogP contribution is 2.48. The van der Waals surface area contributed by atoms with E-state index in [0.29, 0.717) is 0 Å². The molecule has 160 valence electrons. The first-order valence-corrected chi connectivity index (χ1v) is 11.5. The van der Waals surface area contributed by atoms with Gasteiger partial charge in [-0.3, -0.25) is 4.90 Å². The van der Waals surface area contributed by atoms with Crippen LogP contribution >= 0.6 is 0 Å². The third-order valence-corrected chi connectivity index (χ3v) is 7.32. The van der Waals surface area contributed by atoms with E-state index in [4.69, 9.17) is 18.9 Å². The van der Waals surface area contributed by atoms with Gasteiger partial charge in [-0.2, -0.15) is 0 Å². The summed E-state index contributed by atoms with van der Waals surface area (Å²) in [5.74, 6) is 1.84. The van der Waals surface area contributed by atoms with Crippen molar-refractivity contribution in [2.75, 3.05) is 57.5 Å². The van der Waals surface area contributed by atoms with Gasteiger partial charge in [-0.25, -0.2) is 0 Å². The summed E-state index contributed by atoms with van der Waals surface area (Å²) in [6, 6.07) is 10.8. The van der Waals surface area contributed by atoms with Crippen LogP contribution in [-0.4, -0.2) is 64.4 Å². The Morgan fingerprint density at radius 1 is 0.933 bits per heavy atom. The summed E-state index contributed by atoms with van der Waals surface area (Å²) in [5, 5.41) is 2.40. The number of benzene rings is 2. The molecule has 0 radical (unpaired) electrons. The second kappa shape index (κ2) is 7.59. The molecule has 6 heteroatoms. The first-order chi connectivity index (χ1) is 14.9. The van der Waals surface area contributed by atoms with E-state index in [9.17, 15) is 0 Å². The Hall–Kier alpha value is -2.02. The van der Waals surface area contributed by atoms with Crippen LogP contribution in [0.3, 0.4) is 0 Å². The number of fused-ring (bicyclic) bond motifs is 4. The molecule has 3 fully saturated rings. The zero-order valence-corrected chi connectivity index (χ0v) is 17.5. The van der Waals surface area contributed by atoms with Crippen LogP contribution in [0.2, 0.25) is 0 Å². The van der Waals surface area contributed by atoms with Crippen molar-refractivity contribution in [3.8, 4) is 11.5 Å². The van der Waals surface area contributed by atoms with Gasteiger partial charge in [-0.05, 0) is 19.3 Å². The highest BCUT2D eigenvalue weighted by atomic mass is 16.6. The Labute approximate surface area is 177 Å². The Morgan fingerprint density at radius 3 is 2.53 bits per heavy atom. The molecule has 3 heterocycles. The summed E-state index contributed by atoms with van der Waals surface area (Å²) >= 11 is 0. The Bertz CT molecular complexity index is 923. The molecule has 1 aliphatic carbocycles. The molecule has 0 unspecified atom stereocenters. The van der Waals surface area contributed by atoms with Crippen molar-refractivity contribution in [3.63, 3.8) is 0 Å². The smallest absolute Gasteiger partial charge is 0.279 e. The molecule has 1 saturated carbocycles. The normalized spacial score (nSPS) is 29.6. The summed E-state index contributed by atoms with van der Waals surface area (Å²) in [4.78, 5) is 3.92. The molecule has 4 aliphatic rings. The summed E-state index contributed by atoms with van der Waals surface area (Å²) in [7, 11) is 0. The molecule has 0 spiro atoms. The number of anilines is 1. The molecule has 6 rings (SSSR count). The number of nitrogens with one attached hydrogen (secondary N) is 1. The zero-order valence-electron chi connectivity index (χ0n) is 17.5. The Morgan fingerprint density at radius 2 is 1.70 bits per heavy atom. The van der Waals surface area contributed by atoms with Crippen LogP contribution in [0, 0.1) is 0 Å². The molecular formula is C24H31N2O4+. The van der Waals surface area contributed by atoms with Gasteiger partial charge in [0.15, 0.2) is 17.6 Å². The van der Waals surface area contributed by atoms with Crippen molar-refractivity contribution < 1.29 is 23.8 Å². The molecule has 1 N–H and O–H groups in total. The van der Waals surface area contributed by atoms with Gasteiger partial charge in [0.05, 0.1) is 26.4 Å². The molecule has 2 saturated heterocycles. The fourth-order valence-corrected chi connectivity index (χ4v) is 5.81. The van der Waals surface area contributed by atoms with Crippen LogP contribution < -0.4 is 19.3 Å². The lowest BCUT2D eigenvalue weighted by atomic mass is 9.85. The van der Waals surface area contributed by atoms with E-state index in [0.717, 1.165) is 82.3 Å². The molecule has 2 aromatic rings. The fourth-order valence-electron chi connectivity index (χ4n) is 5.81. The predicted octanol–water partition coefficient (Wildman–Crippen LogP) is 2.00. The lowest BCUT2D eigenvalue weighted by Gasteiger charge is -2.50. The number of nitrogens with zero attached hydrogens (tertiary/aromatic N) is 1. The average molecular weight is 412 g/mol. The van der Waals surface area contributed by atoms with Crippen molar-refractivity contribution in [2.24, 2.45) is 0 Å². The highest BCUT2D eigenvalue weighted by Gasteiger charge is 2.56.